The van der Waals surface area contributed by atoms with Crippen LogP contribution in [0.5, 0.6) is 0 Å². The minimum atomic E-state index is -0.786. The van der Waals surface area contributed by atoms with Gasteiger partial charge in [0.15, 0.2) is 0 Å². The van der Waals surface area contributed by atoms with Gasteiger partial charge in [0.1, 0.15) is 5.91 Å². The van der Waals surface area contributed by atoms with Crippen LogP contribution < -0.4 is 0 Å². The molecule has 0 amide bonds. The largest absolute Gasteiger partial charge is 0.360 e. The van der Waals surface area contributed by atoms with E-state index in [1.54, 1.807) is 14.2 Å². The van der Waals surface area contributed by atoms with Gasteiger partial charge in [-0.1, -0.05) is 57.4 Å². The van der Waals surface area contributed by atoms with Crippen molar-refractivity contribution in [2.24, 2.45) is 0 Å². The van der Waals surface area contributed by atoms with E-state index in [0.717, 1.165) is 0 Å². The van der Waals surface area contributed by atoms with E-state index in [9.17, 15) is 0 Å². The zero-order valence-corrected chi connectivity index (χ0v) is 14.3. The van der Waals surface area contributed by atoms with Crippen molar-refractivity contribution >= 4 is 17.6 Å². The number of hydrogen-bond donors (Lipinski definition) is 0. The Morgan fingerprint density at radius 1 is 0.938 bits per heavy atom. The first-order valence-corrected chi connectivity index (χ1v) is 12.1. The fraction of sp³-hybridized carbons (Fsp3) is 1.00. The molecular formula is C12H30O2Si2. The van der Waals surface area contributed by atoms with Gasteiger partial charge in [0, 0.05) is 22.3 Å². The summed E-state index contributed by atoms with van der Waals surface area (Å²) in [7, 11) is 2.53. The maximum Gasteiger partial charge on any atom is 0.134 e. The molecule has 0 aliphatic carbocycles. The second-order valence-corrected chi connectivity index (χ2v) is 13.3. The maximum absolute atomic E-state index is 5.22. The second kappa shape index (κ2) is 9.39. The Kier molecular flexibility index (Phi) is 9.60. The lowest BCUT2D eigenvalue weighted by Crippen LogP contribution is -2.21. The first kappa shape index (κ1) is 16.4. The van der Waals surface area contributed by atoms with Gasteiger partial charge in [-0.25, -0.2) is 0 Å². The number of ether oxygens (including phenoxy) is 2. The predicted octanol–water partition coefficient (Wildman–Crippen LogP) is 3.05. The Labute approximate surface area is 105 Å². The highest BCUT2D eigenvalue weighted by atomic mass is 28.3. The van der Waals surface area contributed by atoms with E-state index in [1.807, 2.05) is 0 Å². The molecule has 0 aromatic heterocycles. The fourth-order valence-electron chi connectivity index (χ4n) is 1.83. The molecule has 0 saturated carbocycles. The van der Waals surface area contributed by atoms with E-state index in [1.165, 1.54) is 37.8 Å². The molecule has 0 N–H and O–H groups in total. The van der Waals surface area contributed by atoms with Gasteiger partial charge >= 0.3 is 0 Å². The standard InChI is InChI=1S/C12H30O2Si2/c1-13-12(14-2)15-10-8-6-7-9-11-16(3,4)5/h12H,6-11,15H2,1-5H3. The van der Waals surface area contributed by atoms with Crippen molar-refractivity contribution in [1.29, 1.82) is 0 Å². The first-order valence-electron chi connectivity index (χ1n) is 6.55. The van der Waals surface area contributed by atoms with Crippen molar-refractivity contribution in [1.82, 2.24) is 0 Å². The minimum Gasteiger partial charge on any atom is -0.360 e. The summed E-state index contributed by atoms with van der Waals surface area (Å²) in [6.07, 6.45) is 5.64. The summed E-state index contributed by atoms with van der Waals surface area (Å²) < 4.78 is 10.4. The maximum atomic E-state index is 5.22. The predicted molar refractivity (Wildman–Crippen MR) is 77.8 cm³/mol. The molecule has 0 heterocycles. The highest BCUT2D eigenvalue weighted by molar-refractivity contribution is 6.76. The summed E-state index contributed by atoms with van der Waals surface area (Å²) in [6.45, 7) is 7.38. The van der Waals surface area contributed by atoms with Gasteiger partial charge in [-0.15, -0.1) is 0 Å². The van der Waals surface area contributed by atoms with Crippen LogP contribution >= 0.6 is 0 Å². The van der Waals surface area contributed by atoms with Gasteiger partial charge in [-0.05, 0) is 0 Å². The van der Waals surface area contributed by atoms with Crippen molar-refractivity contribution in [3.8, 4) is 0 Å². The van der Waals surface area contributed by atoms with Crippen molar-refractivity contribution in [2.45, 2.75) is 63.3 Å². The zero-order valence-electron chi connectivity index (χ0n) is 11.8. The lowest BCUT2D eigenvalue weighted by atomic mass is 10.2. The molecule has 16 heavy (non-hydrogen) atoms. The molecule has 0 saturated heterocycles. The topological polar surface area (TPSA) is 18.5 Å². The van der Waals surface area contributed by atoms with E-state index < -0.39 is 8.07 Å². The van der Waals surface area contributed by atoms with Crippen molar-refractivity contribution < 1.29 is 9.47 Å². The van der Waals surface area contributed by atoms with E-state index in [0.29, 0.717) is 0 Å². The highest BCUT2D eigenvalue weighted by Gasteiger charge is 2.11. The van der Waals surface area contributed by atoms with Gasteiger partial charge in [0.25, 0.3) is 0 Å². The molecule has 0 spiro atoms. The molecular weight excluding hydrogens is 232 g/mol. The SMILES string of the molecule is COC(OC)[SiH2]CCCCCC[Si](C)(C)C. The summed E-state index contributed by atoms with van der Waals surface area (Å²) in [5, 5.41) is 0. The Hall–Kier alpha value is 0.354. The van der Waals surface area contributed by atoms with Crippen LogP contribution in [0.25, 0.3) is 0 Å². The van der Waals surface area contributed by atoms with Gasteiger partial charge in [-0.3, -0.25) is 0 Å². The van der Waals surface area contributed by atoms with Crippen LogP contribution in [-0.2, 0) is 9.47 Å². The number of unbranched alkanes of at least 4 members (excludes halogenated alkanes) is 3. The Balaban J connectivity index is 3.21. The summed E-state index contributed by atoms with van der Waals surface area (Å²) in [6, 6.07) is 2.85. The quantitative estimate of drug-likeness (QED) is 0.342. The molecule has 0 aromatic carbocycles. The van der Waals surface area contributed by atoms with Crippen molar-refractivity contribution in [3.05, 3.63) is 0 Å². The molecule has 2 nitrogen and oxygen atoms in total. The monoisotopic (exact) mass is 262 g/mol. The molecule has 0 rings (SSSR count). The molecule has 0 radical (unpaired) electrons. The molecule has 0 bridgehead atoms. The normalized spacial score (nSPS) is 13.1. The molecule has 0 fully saturated rings. The lowest BCUT2D eigenvalue weighted by molar-refractivity contribution is -0.0441. The van der Waals surface area contributed by atoms with E-state index >= 15 is 0 Å². The second-order valence-electron chi connectivity index (χ2n) is 5.77. The zero-order chi connectivity index (χ0) is 12.4. The van der Waals surface area contributed by atoms with E-state index in [2.05, 4.69) is 19.6 Å². The Morgan fingerprint density at radius 2 is 1.50 bits per heavy atom. The fourth-order valence-corrected chi connectivity index (χ4v) is 4.59. The number of hydrogen-bond acceptors (Lipinski definition) is 2. The molecule has 0 aliphatic heterocycles. The number of methoxy groups -OCH3 is 2. The summed E-state index contributed by atoms with van der Waals surface area (Å²) in [5.74, 6) is 0.141. The van der Waals surface area contributed by atoms with Gasteiger partial charge in [0.2, 0.25) is 0 Å². The summed E-state index contributed by atoms with van der Waals surface area (Å²) >= 11 is 0. The third-order valence-corrected chi connectivity index (χ3v) is 6.79. The Bertz CT molecular complexity index is 154. The van der Waals surface area contributed by atoms with Gasteiger partial charge in [-0.2, -0.15) is 0 Å². The summed E-state index contributed by atoms with van der Waals surface area (Å²) in [5.41, 5.74) is 0. The van der Waals surface area contributed by atoms with Crippen LogP contribution in [-0.4, -0.2) is 37.7 Å². The summed E-state index contributed by atoms with van der Waals surface area (Å²) in [4.78, 5) is 0. The van der Waals surface area contributed by atoms with Crippen molar-refractivity contribution in [3.63, 3.8) is 0 Å². The molecule has 0 unspecified atom stereocenters. The molecule has 0 atom stereocenters. The van der Waals surface area contributed by atoms with Crippen LogP contribution in [0.4, 0.5) is 0 Å². The third-order valence-electron chi connectivity index (χ3n) is 2.89. The van der Waals surface area contributed by atoms with Crippen LogP contribution in [0.3, 0.4) is 0 Å². The molecule has 98 valence electrons. The Morgan fingerprint density at radius 3 is 2.00 bits per heavy atom. The van der Waals surface area contributed by atoms with Gasteiger partial charge in [0.05, 0.1) is 9.52 Å². The molecule has 0 aliphatic rings. The van der Waals surface area contributed by atoms with Crippen LogP contribution in [0.1, 0.15) is 25.7 Å². The van der Waals surface area contributed by atoms with Crippen LogP contribution in [0, 0.1) is 0 Å². The highest BCUT2D eigenvalue weighted by Crippen LogP contribution is 2.15. The van der Waals surface area contributed by atoms with E-state index in [-0.39, 0.29) is 15.4 Å². The molecule has 0 aromatic rings. The van der Waals surface area contributed by atoms with E-state index in [4.69, 9.17) is 9.47 Å². The van der Waals surface area contributed by atoms with Crippen molar-refractivity contribution in [2.75, 3.05) is 14.2 Å². The minimum absolute atomic E-state index is 0.141. The van der Waals surface area contributed by atoms with Crippen LogP contribution in [0.2, 0.25) is 31.7 Å². The third kappa shape index (κ3) is 10.9. The first-order chi connectivity index (χ1) is 7.49. The van der Waals surface area contributed by atoms with Gasteiger partial charge < -0.3 is 9.47 Å². The average molecular weight is 263 g/mol. The smallest absolute Gasteiger partial charge is 0.134 e. The molecule has 4 heteroatoms. The average Bonchev–Trinajstić information content (AvgIpc) is 2.21. The van der Waals surface area contributed by atoms with Crippen LogP contribution in [0.15, 0.2) is 0 Å². The lowest BCUT2D eigenvalue weighted by Gasteiger charge is -2.15. The number of rotatable bonds is 10.